The van der Waals surface area contributed by atoms with Gasteiger partial charge in [0.2, 0.25) is 0 Å². The van der Waals surface area contributed by atoms with Gasteiger partial charge in [-0.3, -0.25) is 0 Å². The molecule has 65 valence electrons. The Bertz CT molecular complexity index is 99.7. The van der Waals surface area contributed by atoms with Crippen LogP contribution in [-0.4, -0.2) is 19.3 Å². The Morgan fingerprint density at radius 1 is 1.55 bits per heavy atom. The van der Waals surface area contributed by atoms with Gasteiger partial charge >= 0.3 is 0 Å². The van der Waals surface area contributed by atoms with Crippen molar-refractivity contribution in [1.29, 1.82) is 0 Å². The fraction of sp³-hybridized carbons (Fsp3) is 1.00. The van der Waals surface area contributed by atoms with Crippen molar-refractivity contribution >= 4 is 0 Å². The van der Waals surface area contributed by atoms with Crippen molar-refractivity contribution in [1.82, 2.24) is 0 Å². The predicted octanol–water partition coefficient (Wildman–Crippen LogP) is 2.01. The second kappa shape index (κ2) is 4.73. The largest absolute Gasteiger partial charge is 0.381 e. The molecule has 11 heavy (non-hydrogen) atoms. The molecular formula is C9H17O2. The van der Waals surface area contributed by atoms with E-state index in [1.165, 1.54) is 12.8 Å². The van der Waals surface area contributed by atoms with Gasteiger partial charge in [-0.1, -0.05) is 6.92 Å². The fourth-order valence-corrected chi connectivity index (χ4v) is 0.953. The summed E-state index contributed by atoms with van der Waals surface area (Å²) in [5.41, 5.74) is 0. The van der Waals surface area contributed by atoms with E-state index in [0.717, 1.165) is 18.9 Å². The maximum absolute atomic E-state index is 10.9. The topological polar surface area (TPSA) is 29.1 Å². The molecule has 0 N–H and O–H groups in total. The standard InChI is InChI=1S/C9H17O2/c1-2-9(10)5-6-11-7-8-3-4-8/h8-9H,2-7H2,1H3. The zero-order valence-corrected chi connectivity index (χ0v) is 7.21. The molecule has 0 aromatic carbocycles. The van der Waals surface area contributed by atoms with Crippen molar-refractivity contribution in [3.63, 3.8) is 0 Å². The molecule has 2 heteroatoms. The zero-order chi connectivity index (χ0) is 8.10. The van der Waals surface area contributed by atoms with Crippen molar-refractivity contribution in [2.75, 3.05) is 13.2 Å². The Morgan fingerprint density at radius 3 is 2.82 bits per heavy atom. The molecule has 1 atom stereocenters. The van der Waals surface area contributed by atoms with Crippen LogP contribution < -0.4 is 0 Å². The van der Waals surface area contributed by atoms with Gasteiger partial charge in [-0.15, -0.1) is 0 Å². The lowest BCUT2D eigenvalue weighted by molar-refractivity contribution is 0.0366. The first kappa shape index (κ1) is 9.01. The van der Waals surface area contributed by atoms with E-state index in [-0.39, 0.29) is 0 Å². The highest BCUT2D eigenvalue weighted by atomic mass is 16.5. The minimum Gasteiger partial charge on any atom is -0.381 e. The van der Waals surface area contributed by atoms with E-state index in [2.05, 4.69) is 0 Å². The highest BCUT2D eigenvalue weighted by molar-refractivity contribution is 4.71. The summed E-state index contributed by atoms with van der Waals surface area (Å²) in [7, 11) is 0. The summed E-state index contributed by atoms with van der Waals surface area (Å²) < 4.78 is 5.33. The lowest BCUT2D eigenvalue weighted by atomic mass is 10.2. The summed E-state index contributed by atoms with van der Waals surface area (Å²) in [6.45, 7) is 3.48. The fourth-order valence-electron chi connectivity index (χ4n) is 0.953. The van der Waals surface area contributed by atoms with E-state index in [1.807, 2.05) is 6.92 Å². The summed E-state index contributed by atoms with van der Waals surface area (Å²) in [6.07, 6.45) is 3.66. The van der Waals surface area contributed by atoms with Crippen LogP contribution in [0.2, 0.25) is 0 Å². The van der Waals surface area contributed by atoms with Crippen molar-refractivity contribution in [2.45, 2.75) is 38.7 Å². The molecular weight excluding hydrogens is 140 g/mol. The highest BCUT2D eigenvalue weighted by Gasteiger charge is 2.20. The van der Waals surface area contributed by atoms with Gasteiger partial charge in [-0.2, -0.15) is 0 Å². The van der Waals surface area contributed by atoms with Crippen LogP contribution in [0.15, 0.2) is 0 Å². The molecule has 1 radical (unpaired) electrons. The SMILES string of the molecule is CCC([O])CCOCC1CC1. The zero-order valence-electron chi connectivity index (χ0n) is 7.21. The summed E-state index contributed by atoms with van der Waals surface area (Å²) in [5.74, 6) is 0.821. The van der Waals surface area contributed by atoms with E-state index in [9.17, 15) is 5.11 Å². The smallest absolute Gasteiger partial charge is 0.0949 e. The minimum absolute atomic E-state index is 0.408. The van der Waals surface area contributed by atoms with E-state index < -0.39 is 6.10 Å². The van der Waals surface area contributed by atoms with Crippen LogP contribution in [0.1, 0.15) is 32.6 Å². The maximum atomic E-state index is 10.9. The van der Waals surface area contributed by atoms with Crippen molar-refractivity contribution in [3.05, 3.63) is 0 Å². The first-order valence-corrected chi connectivity index (χ1v) is 4.56. The van der Waals surface area contributed by atoms with E-state index >= 15 is 0 Å². The Kier molecular flexibility index (Phi) is 3.87. The van der Waals surface area contributed by atoms with Crippen molar-refractivity contribution < 1.29 is 9.84 Å². The van der Waals surface area contributed by atoms with Gasteiger partial charge in [0.25, 0.3) is 0 Å². The Hall–Kier alpha value is -0.0800. The van der Waals surface area contributed by atoms with Crippen LogP contribution in [0.5, 0.6) is 0 Å². The van der Waals surface area contributed by atoms with E-state index in [0.29, 0.717) is 13.0 Å². The van der Waals surface area contributed by atoms with Crippen molar-refractivity contribution in [2.24, 2.45) is 5.92 Å². The Balaban J connectivity index is 1.79. The average Bonchev–Trinajstić information content (AvgIpc) is 2.81. The Labute approximate surface area is 68.6 Å². The maximum Gasteiger partial charge on any atom is 0.0949 e. The molecule has 0 bridgehead atoms. The second-order valence-corrected chi connectivity index (χ2v) is 3.34. The third kappa shape index (κ3) is 4.38. The molecule has 2 nitrogen and oxygen atoms in total. The lowest BCUT2D eigenvalue weighted by Crippen LogP contribution is -2.08. The van der Waals surface area contributed by atoms with Gasteiger partial charge in [0, 0.05) is 19.6 Å². The lowest BCUT2D eigenvalue weighted by Gasteiger charge is -2.05. The van der Waals surface area contributed by atoms with Gasteiger partial charge in [0.05, 0.1) is 6.10 Å². The van der Waals surface area contributed by atoms with Gasteiger partial charge < -0.3 is 4.74 Å². The molecule has 0 heterocycles. The number of hydrogen-bond donors (Lipinski definition) is 0. The van der Waals surface area contributed by atoms with Gasteiger partial charge in [-0.05, 0) is 25.2 Å². The summed E-state index contributed by atoms with van der Waals surface area (Å²) in [4.78, 5) is 0. The second-order valence-electron chi connectivity index (χ2n) is 3.34. The van der Waals surface area contributed by atoms with Gasteiger partial charge in [-0.25, -0.2) is 5.11 Å². The van der Waals surface area contributed by atoms with E-state index in [1.54, 1.807) is 0 Å². The van der Waals surface area contributed by atoms with Gasteiger partial charge in [0.1, 0.15) is 0 Å². The average molecular weight is 157 g/mol. The number of hydrogen-bond acceptors (Lipinski definition) is 1. The first-order chi connectivity index (χ1) is 5.33. The molecule has 0 amide bonds. The molecule has 1 rings (SSSR count). The normalized spacial score (nSPS) is 20.2. The molecule has 0 aromatic heterocycles. The van der Waals surface area contributed by atoms with Crippen LogP contribution in [0.25, 0.3) is 0 Å². The van der Waals surface area contributed by atoms with Crippen LogP contribution in [0, 0.1) is 5.92 Å². The minimum atomic E-state index is -0.408. The summed E-state index contributed by atoms with van der Waals surface area (Å²) in [6, 6.07) is 0. The monoisotopic (exact) mass is 157 g/mol. The number of ether oxygens (including phenoxy) is 1. The van der Waals surface area contributed by atoms with Gasteiger partial charge in [0.15, 0.2) is 0 Å². The third-order valence-corrected chi connectivity index (χ3v) is 2.09. The molecule has 1 aliphatic rings. The van der Waals surface area contributed by atoms with E-state index in [4.69, 9.17) is 4.74 Å². The summed E-state index contributed by atoms with van der Waals surface area (Å²) in [5, 5.41) is 10.9. The third-order valence-electron chi connectivity index (χ3n) is 2.09. The molecule has 1 unspecified atom stereocenters. The molecule has 0 aliphatic heterocycles. The first-order valence-electron chi connectivity index (χ1n) is 4.56. The van der Waals surface area contributed by atoms with Crippen LogP contribution >= 0.6 is 0 Å². The molecule has 0 spiro atoms. The molecule has 1 fully saturated rings. The van der Waals surface area contributed by atoms with Crippen LogP contribution in [0.4, 0.5) is 0 Å². The molecule has 0 aromatic rings. The predicted molar refractivity (Wildman–Crippen MR) is 42.9 cm³/mol. The molecule has 0 saturated heterocycles. The summed E-state index contributed by atoms with van der Waals surface area (Å²) >= 11 is 0. The number of rotatable bonds is 6. The highest BCUT2D eigenvalue weighted by Crippen LogP contribution is 2.28. The van der Waals surface area contributed by atoms with Crippen molar-refractivity contribution in [3.8, 4) is 0 Å². The molecule has 1 aliphatic carbocycles. The quantitative estimate of drug-likeness (QED) is 0.542. The molecule has 1 saturated carbocycles. The Morgan fingerprint density at radius 2 is 2.27 bits per heavy atom. The van der Waals surface area contributed by atoms with Crippen LogP contribution in [0.3, 0.4) is 0 Å². The van der Waals surface area contributed by atoms with Crippen LogP contribution in [-0.2, 0) is 9.84 Å².